The van der Waals surface area contributed by atoms with E-state index in [1.165, 1.54) is 24.8 Å². The predicted octanol–water partition coefficient (Wildman–Crippen LogP) is 0.828. The topological polar surface area (TPSA) is 105 Å². The number of aliphatic hydroxyl groups excluding tert-OH is 2. The summed E-state index contributed by atoms with van der Waals surface area (Å²) in [7, 11) is 0. The summed E-state index contributed by atoms with van der Waals surface area (Å²) < 4.78 is 20.2. The van der Waals surface area contributed by atoms with Crippen LogP contribution in [0.1, 0.15) is 11.8 Å². The zero-order valence-electron chi connectivity index (χ0n) is 13.1. The van der Waals surface area contributed by atoms with Gasteiger partial charge in [0, 0.05) is 6.54 Å². The Balaban J connectivity index is 1.61. The van der Waals surface area contributed by atoms with E-state index < -0.39 is 18.4 Å². The van der Waals surface area contributed by atoms with Gasteiger partial charge in [0.05, 0.1) is 12.9 Å². The third-order valence-corrected chi connectivity index (χ3v) is 4.11. The van der Waals surface area contributed by atoms with E-state index in [-0.39, 0.29) is 12.4 Å². The molecule has 2 aromatic heterocycles. The Bertz CT molecular complexity index is 902. The third-order valence-electron chi connectivity index (χ3n) is 4.11. The van der Waals surface area contributed by atoms with Crippen molar-refractivity contribution >= 4 is 17.0 Å². The monoisotopic (exact) mass is 345 g/mol. The van der Waals surface area contributed by atoms with Crippen LogP contribution in [-0.4, -0.2) is 48.5 Å². The molecule has 3 heterocycles. The Labute approximate surface area is 141 Å². The van der Waals surface area contributed by atoms with Gasteiger partial charge >= 0.3 is 0 Å². The molecule has 0 radical (unpaired) electrons. The molecule has 3 atom stereocenters. The van der Waals surface area contributed by atoms with Crippen molar-refractivity contribution < 1.29 is 19.3 Å². The van der Waals surface area contributed by atoms with Crippen LogP contribution in [0.5, 0.6) is 0 Å². The summed E-state index contributed by atoms with van der Waals surface area (Å²) in [5, 5.41) is 22.8. The first-order valence-electron chi connectivity index (χ1n) is 7.77. The number of ether oxygens (including phenoxy) is 1. The van der Waals surface area contributed by atoms with Crippen molar-refractivity contribution in [2.45, 2.75) is 25.0 Å². The fraction of sp³-hybridized carbons (Fsp3) is 0.312. The van der Waals surface area contributed by atoms with Crippen molar-refractivity contribution in [3.05, 3.63) is 48.3 Å². The summed E-state index contributed by atoms with van der Waals surface area (Å²) in [6.07, 6.45) is 0.0852. The molecule has 8 nitrogen and oxygen atoms in total. The van der Waals surface area contributed by atoms with E-state index in [1.807, 2.05) is 0 Å². The summed E-state index contributed by atoms with van der Waals surface area (Å²) in [5.74, 6) is 0.184. The summed E-state index contributed by atoms with van der Waals surface area (Å²) in [5.41, 5.74) is 1.73. The molecule has 3 N–H and O–H groups in total. The fourth-order valence-corrected chi connectivity index (χ4v) is 2.83. The van der Waals surface area contributed by atoms with Crippen LogP contribution in [0.3, 0.4) is 0 Å². The summed E-state index contributed by atoms with van der Waals surface area (Å²) in [4.78, 5) is 12.6. The Kier molecular flexibility index (Phi) is 4.04. The second-order valence-electron chi connectivity index (χ2n) is 5.81. The number of halogens is 1. The molecule has 0 saturated carbocycles. The van der Waals surface area contributed by atoms with Gasteiger partial charge in [0.15, 0.2) is 23.2 Å². The molecular weight excluding hydrogens is 329 g/mol. The summed E-state index contributed by atoms with van der Waals surface area (Å²) >= 11 is 0. The number of benzene rings is 1. The molecule has 3 aromatic rings. The van der Waals surface area contributed by atoms with E-state index in [0.717, 1.165) is 5.56 Å². The minimum atomic E-state index is -1.06. The number of nitrogens with zero attached hydrogens (tertiary/aromatic N) is 4. The minimum Gasteiger partial charge on any atom is -0.388 e. The normalized spacial score (nSPS) is 23.2. The average molecular weight is 345 g/mol. The Morgan fingerprint density at radius 1 is 1.28 bits per heavy atom. The van der Waals surface area contributed by atoms with Crippen LogP contribution in [0.2, 0.25) is 0 Å². The molecule has 1 saturated heterocycles. The second-order valence-corrected chi connectivity index (χ2v) is 5.81. The zero-order valence-corrected chi connectivity index (χ0v) is 13.1. The largest absolute Gasteiger partial charge is 0.388 e. The lowest BCUT2D eigenvalue weighted by molar-refractivity contribution is -0.0162. The first-order valence-corrected chi connectivity index (χ1v) is 7.77. The summed E-state index contributed by atoms with van der Waals surface area (Å²) in [6.45, 7) is 0.416. The van der Waals surface area contributed by atoms with E-state index in [9.17, 15) is 14.6 Å². The molecule has 0 spiro atoms. The molecule has 0 unspecified atom stereocenters. The van der Waals surface area contributed by atoms with Gasteiger partial charge in [-0.15, -0.1) is 0 Å². The highest BCUT2D eigenvalue weighted by Gasteiger charge is 2.36. The van der Waals surface area contributed by atoms with Gasteiger partial charge in [0.25, 0.3) is 0 Å². The molecule has 9 heteroatoms. The van der Waals surface area contributed by atoms with Gasteiger partial charge in [0.1, 0.15) is 24.4 Å². The average Bonchev–Trinajstić information content (AvgIpc) is 3.17. The molecule has 130 valence electrons. The number of fused-ring (bicyclic) bond motifs is 1. The SMILES string of the molecule is O[C@@H]1[C@H](O)CO[C@H]1n1cnc2c(NCc3cccc(F)c3)ncnc21. The highest BCUT2D eigenvalue weighted by molar-refractivity contribution is 5.82. The van der Waals surface area contributed by atoms with Crippen molar-refractivity contribution in [2.24, 2.45) is 0 Å². The standard InChI is InChI=1S/C16H16FN5O3/c17-10-3-1-2-9(4-10)5-18-14-12-15(20-7-19-14)22(8-21-12)16-13(24)11(23)6-25-16/h1-4,7-8,11,13,16,23-24H,5-6H2,(H,18,19,20)/t11-,13-,16-/m1/s1. The molecule has 0 amide bonds. The molecule has 0 aliphatic carbocycles. The van der Waals surface area contributed by atoms with Crippen LogP contribution in [0.25, 0.3) is 11.2 Å². The fourth-order valence-electron chi connectivity index (χ4n) is 2.83. The van der Waals surface area contributed by atoms with Crippen LogP contribution < -0.4 is 5.32 Å². The molecular formula is C16H16FN5O3. The molecule has 1 aliphatic rings. The maximum Gasteiger partial charge on any atom is 0.167 e. The second kappa shape index (κ2) is 6.36. The molecule has 1 aliphatic heterocycles. The van der Waals surface area contributed by atoms with Crippen molar-refractivity contribution in [1.29, 1.82) is 0 Å². The Hall–Kier alpha value is -2.62. The van der Waals surface area contributed by atoms with Crippen LogP contribution in [0.4, 0.5) is 10.2 Å². The van der Waals surface area contributed by atoms with Crippen molar-refractivity contribution in [2.75, 3.05) is 11.9 Å². The predicted molar refractivity (Wildman–Crippen MR) is 86.1 cm³/mol. The van der Waals surface area contributed by atoms with Gasteiger partial charge < -0.3 is 20.3 Å². The minimum absolute atomic E-state index is 0.0429. The highest BCUT2D eigenvalue weighted by atomic mass is 19.1. The van der Waals surface area contributed by atoms with Gasteiger partial charge in [-0.05, 0) is 17.7 Å². The maximum atomic E-state index is 13.3. The number of rotatable bonds is 4. The number of aromatic nitrogens is 4. The number of hydrogen-bond acceptors (Lipinski definition) is 7. The lowest BCUT2D eigenvalue weighted by Gasteiger charge is -2.16. The number of nitrogens with one attached hydrogen (secondary N) is 1. The molecule has 1 aromatic carbocycles. The van der Waals surface area contributed by atoms with Crippen LogP contribution in [0.15, 0.2) is 36.9 Å². The molecule has 0 bridgehead atoms. The maximum absolute atomic E-state index is 13.3. The van der Waals surface area contributed by atoms with Gasteiger partial charge in [0.2, 0.25) is 0 Å². The van der Waals surface area contributed by atoms with Gasteiger partial charge in [-0.25, -0.2) is 19.3 Å². The Morgan fingerprint density at radius 2 is 2.16 bits per heavy atom. The van der Waals surface area contributed by atoms with Gasteiger partial charge in [-0.1, -0.05) is 12.1 Å². The number of hydrogen-bond donors (Lipinski definition) is 3. The quantitative estimate of drug-likeness (QED) is 0.643. The number of aliphatic hydroxyl groups is 2. The smallest absolute Gasteiger partial charge is 0.167 e. The van der Waals surface area contributed by atoms with Gasteiger partial charge in [-0.3, -0.25) is 4.57 Å². The Morgan fingerprint density at radius 3 is 2.92 bits per heavy atom. The van der Waals surface area contributed by atoms with Crippen LogP contribution in [0, 0.1) is 5.82 Å². The van der Waals surface area contributed by atoms with Crippen molar-refractivity contribution in [3.8, 4) is 0 Å². The van der Waals surface area contributed by atoms with E-state index in [1.54, 1.807) is 16.7 Å². The lowest BCUT2D eigenvalue weighted by atomic mass is 10.2. The van der Waals surface area contributed by atoms with E-state index >= 15 is 0 Å². The number of anilines is 1. The van der Waals surface area contributed by atoms with Crippen molar-refractivity contribution in [3.63, 3.8) is 0 Å². The first kappa shape index (κ1) is 15.9. The van der Waals surface area contributed by atoms with Crippen molar-refractivity contribution in [1.82, 2.24) is 19.5 Å². The van der Waals surface area contributed by atoms with E-state index in [0.29, 0.717) is 23.5 Å². The molecule has 1 fully saturated rings. The zero-order chi connectivity index (χ0) is 17.4. The first-order chi connectivity index (χ1) is 12.1. The lowest BCUT2D eigenvalue weighted by Crippen LogP contribution is -2.28. The number of imidazole rings is 1. The van der Waals surface area contributed by atoms with Gasteiger partial charge in [-0.2, -0.15) is 0 Å². The van der Waals surface area contributed by atoms with Crippen LogP contribution in [-0.2, 0) is 11.3 Å². The van der Waals surface area contributed by atoms with E-state index in [2.05, 4.69) is 20.3 Å². The third kappa shape index (κ3) is 2.93. The highest BCUT2D eigenvalue weighted by Crippen LogP contribution is 2.28. The van der Waals surface area contributed by atoms with Crippen LogP contribution >= 0.6 is 0 Å². The molecule has 25 heavy (non-hydrogen) atoms. The summed E-state index contributed by atoms with van der Waals surface area (Å²) in [6, 6.07) is 6.27. The van der Waals surface area contributed by atoms with E-state index in [4.69, 9.17) is 4.74 Å². The molecule has 4 rings (SSSR count).